The standard InChI is InChI=1S/C9H13ClN4O2S/c10-7-4-8(14-9(11)13-7)12-5-6-2-1-3-17(6,15)16/h4,6H,1-3,5H2,(H3,11,12,13,14). The number of anilines is 2. The van der Waals surface area contributed by atoms with Gasteiger partial charge in [0.2, 0.25) is 5.95 Å². The highest BCUT2D eigenvalue weighted by Crippen LogP contribution is 2.20. The predicted octanol–water partition coefficient (Wildman–Crippen LogP) is 0.701. The van der Waals surface area contributed by atoms with E-state index in [4.69, 9.17) is 17.3 Å². The van der Waals surface area contributed by atoms with Crippen molar-refractivity contribution in [2.45, 2.75) is 18.1 Å². The SMILES string of the molecule is Nc1nc(Cl)cc(NCC2CCCS2(=O)=O)n1. The fourth-order valence-corrected chi connectivity index (χ4v) is 3.79. The summed E-state index contributed by atoms with van der Waals surface area (Å²) in [6.07, 6.45) is 1.41. The lowest BCUT2D eigenvalue weighted by molar-refractivity contribution is 0.591. The number of nitrogens with two attached hydrogens (primary N) is 1. The van der Waals surface area contributed by atoms with Gasteiger partial charge in [-0.15, -0.1) is 0 Å². The van der Waals surface area contributed by atoms with Gasteiger partial charge < -0.3 is 11.1 Å². The van der Waals surface area contributed by atoms with Crippen LogP contribution in [0.1, 0.15) is 12.8 Å². The Kier molecular flexibility index (Phi) is 3.39. The van der Waals surface area contributed by atoms with Gasteiger partial charge in [-0.3, -0.25) is 0 Å². The van der Waals surface area contributed by atoms with Crippen molar-refractivity contribution in [3.8, 4) is 0 Å². The Morgan fingerprint density at radius 1 is 1.53 bits per heavy atom. The predicted molar refractivity (Wildman–Crippen MR) is 66.8 cm³/mol. The van der Waals surface area contributed by atoms with Gasteiger partial charge in [0.25, 0.3) is 0 Å². The van der Waals surface area contributed by atoms with Gasteiger partial charge in [-0.1, -0.05) is 11.6 Å². The molecule has 2 heterocycles. The lowest BCUT2D eigenvalue weighted by Crippen LogP contribution is -2.25. The van der Waals surface area contributed by atoms with Crippen molar-refractivity contribution in [2.24, 2.45) is 0 Å². The van der Waals surface area contributed by atoms with E-state index in [1.807, 2.05) is 0 Å². The molecule has 17 heavy (non-hydrogen) atoms. The maximum absolute atomic E-state index is 11.6. The largest absolute Gasteiger partial charge is 0.369 e. The average molecular weight is 277 g/mol. The summed E-state index contributed by atoms with van der Waals surface area (Å²) in [6.45, 7) is 0.328. The fraction of sp³-hybridized carbons (Fsp3) is 0.556. The van der Waals surface area contributed by atoms with Crippen LogP contribution in [0.15, 0.2) is 6.07 Å². The van der Waals surface area contributed by atoms with E-state index in [0.29, 0.717) is 18.8 Å². The second kappa shape index (κ2) is 4.66. The molecule has 94 valence electrons. The molecule has 0 bridgehead atoms. The number of nitrogen functional groups attached to an aromatic ring is 1. The van der Waals surface area contributed by atoms with Gasteiger partial charge in [0, 0.05) is 12.6 Å². The molecule has 1 fully saturated rings. The highest BCUT2D eigenvalue weighted by molar-refractivity contribution is 7.92. The average Bonchev–Trinajstić information content (AvgIpc) is 2.53. The van der Waals surface area contributed by atoms with E-state index in [9.17, 15) is 8.42 Å². The zero-order valence-corrected chi connectivity index (χ0v) is 10.6. The topological polar surface area (TPSA) is 98.0 Å². The number of aromatic nitrogens is 2. The molecule has 1 aromatic rings. The lowest BCUT2D eigenvalue weighted by Gasteiger charge is -2.11. The van der Waals surface area contributed by atoms with Gasteiger partial charge >= 0.3 is 0 Å². The summed E-state index contributed by atoms with van der Waals surface area (Å²) in [6, 6.07) is 1.51. The molecule has 0 saturated carbocycles. The van der Waals surface area contributed by atoms with E-state index in [1.54, 1.807) is 0 Å². The summed E-state index contributed by atoms with van der Waals surface area (Å²) in [4.78, 5) is 7.64. The minimum atomic E-state index is -2.95. The minimum absolute atomic E-state index is 0.0641. The second-order valence-corrected chi connectivity index (χ2v) is 6.73. The van der Waals surface area contributed by atoms with E-state index in [2.05, 4.69) is 15.3 Å². The Bertz CT molecular complexity index is 499. The Morgan fingerprint density at radius 3 is 2.88 bits per heavy atom. The van der Waals surface area contributed by atoms with Crippen LogP contribution in [0, 0.1) is 0 Å². The van der Waals surface area contributed by atoms with Gasteiger partial charge in [0.15, 0.2) is 9.84 Å². The second-order valence-electron chi connectivity index (χ2n) is 3.95. The van der Waals surface area contributed by atoms with Crippen LogP contribution in [-0.4, -0.2) is 35.9 Å². The third kappa shape index (κ3) is 2.98. The third-order valence-corrected chi connectivity index (χ3v) is 5.16. The van der Waals surface area contributed by atoms with Gasteiger partial charge in [-0.25, -0.2) is 13.4 Å². The molecular weight excluding hydrogens is 264 g/mol. The van der Waals surface area contributed by atoms with Crippen molar-refractivity contribution in [1.82, 2.24) is 9.97 Å². The van der Waals surface area contributed by atoms with Crippen molar-refractivity contribution in [2.75, 3.05) is 23.3 Å². The number of nitrogens with zero attached hydrogens (tertiary/aromatic N) is 2. The molecule has 8 heteroatoms. The first-order valence-electron chi connectivity index (χ1n) is 5.23. The molecule has 2 rings (SSSR count). The Balaban J connectivity index is 2.03. The van der Waals surface area contributed by atoms with Crippen molar-refractivity contribution in [1.29, 1.82) is 0 Å². The first-order chi connectivity index (χ1) is 7.97. The molecule has 3 N–H and O–H groups in total. The van der Waals surface area contributed by atoms with Crippen LogP contribution in [0.3, 0.4) is 0 Å². The molecule has 1 atom stereocenters. The van der Waals surface area contributed by atoms with Crippen LogP contribution >= 0.6 is 11.6 Å². The number of hydrogen-bond acceptors (Lipinski definition) is 6. The molecule has 1 aliphatic rings. The van der Waals surface area contributed by atoms with Crippen LogP contribution in [0.2, 0.25) is 5.15 Å². The normalized spacial score (nSPS) is 22.5. The molecule has 0 spiro atoms. The Hall–Kier alpha value is -1.08. The van der Waals surface area contributed by atoms with Crippen molar-refractivity contribution in [3.05, 3.63) is 11.2 Å². The van der Waals surface area contributed by atoms with Crippen LogP contribution in [0.25, 0.3) is 0 Å². The molecule has 0 aliphatic carbocycles. The van der Waals surface area contributed by atoms with E-state index in [0.717, 1.165) is 6.42 Å². The minimum Gasteiger partial charge on any atom is -0.369 e. The Morgan fingerprint density at radius 2 is 2.29 bits per heavy atom. The zero-order chi connectivity index (χ0) is 12.5. The summed E-state index contributed by atoms with van der Waals surface area (Å²) < 4.78 is 23.2. The lowest BCUT2D eigenvalue weighted by atomic mass is 10.2. The summed E-state index contributed by atoms with van der Waals surface area (Å²) >= 11 is 5.71. The number of sulfone groups is 1. The summed E-state index contributed by atoms with van der Waals surface area (Å²) in [5.41, 5.74) is 5.43. The number of halogens is 1. The van der Waals surface area contributed by atoms with Crippen molar-refractivity contribution >= 4 is 33.2 Å². The maximum Gasteiger partial charge on any atom is 0.223 e. The van der Waals surface area contributed by atoms with Crippen LogP contribution in [0.5, 0.6) is 0 Å². The van der Waals surface area contributed by atoms with Gasteiger partial charge in [0.1, 0.15) is 11.0 Å². The van der Waals surface area contributed by atoms with Crippen LogP contribution < -0.4 is 11.1 Å². The van der Waals surface area contributed by atoms with Crippen LogP contribution in [0.4, 0.5) is 11.8 Å². The van der Waals surface area contributed by atoms with Crippen molar-refractivity contribution in [3.63, 3.8) is 0 Å². The number of rotatable bonds is 3. The molecule has 1 saturated heterocycles. The number of nitrogens with one attached hydrogen (secondary N) is 1. The highest BCUT2D eigenvalue weighted by atomic mass is 35.5. The molecule has 1 unspecified atom stereocenters. The molecular formula is C9H13ClN4O2S. The molecule has 6 nitrogen and oxygen atoms in total. The maximum atomic E-state index is 11.6. The molecule has 0 radical (unpaired) electrons. The van der Waals surface area contributed by atoms with E-state index in [-0.39, 0.29) is 22.1 Å². The van der Waals surface area contributed by atoms with Gasteiger partial charge in [-0.05, 0) is 12.8 Å². The molecule has 1 aliphatic heterocycles. The number of hydrogen-bond donors (Lipinski definition) is 2. The summed E-state index contributed by atoms with van der Waals surface area (Å²) in [5, 5.41) is 2.81. The smallest absolute Gasteiger partial charge is 0.223 e. The van der Waals surface area contributed by atoms with Crippen molar-refractivity contribution < 1.29 is 8.42 Å². The van der Waals surface area contributed by atoms with E-state index < -0.39 is 9.84 Å². The van der Waals surface area contributed by atoms with Gasteiger partial charge in [0.05, 0.1) is 11.0 Å². The fourth-order valence-electron chi connectivity index (χ4n) is 1.83. The van der Waals surface area contributed by atoms with Crippen LogP contribution in [-0.2, 0) is 9.84 Å². The quantitative estimate of drug-likeness (QED) is 0.789. The Labute approximate surface area is 105 Å². The first-order valence-corrected chi connectivity index (χ1v) is 7.32. The zero-order valence-electron chi connectivity index (χ0n) is 9.06. The first kappa shape index (κ1) is 12.4. The van der Waals surface area contributed by atoms with Gasteiger partial charge in [-0.2, -0.15) is 4.98 Å². The van der Waals surface area contributed by atoms with E-state index >= 15 is 0 Å². The molecule has 0 amide bonds. The summed E-state index contributed by atoms with van der Waals surface area (Å²) in [7, 11) is -2.95. The summed E-state index contributed by atoms with van der Waals surface area (Å²) in [5.74, 6) is 0.783. The molecule has 1 aromatic heterocycles. The highest BCUT2D eigenvalue weighted by Gasteiger charge is 2.30. The third-order valence-electron chi connectivity index (χ3n) is 2.69. The monoisotopic (exact) mass is 276 g/mol. The molecule has 0 aromatic carbocycles. The van der Waals surface area contributed by atoms with E-state index in [1.165, 1.54) is 6.07 Å².